The van der Waals surface area contributed by atoms with Crippen LogP contribution in [-0.4, -0.2) is 61.1 Å². The largest absolute Gasteiger partial charge is 0.487 e. The third kappa shape index (κ3) is 4.19. The van der Waals surface area contributed by atoms with Gasteiger partial charge in [0.15, 0.2) is 0 Å². The van der Waals surface area contributed by atoms with Gasteiger partial charge < -0.3 is 19.9 Å². The molecular formula is C18H27N3O3. The summed E-state index contributed by atoms with van der Waals surface area (Å²) < 4.78 is 6.12. The smallest absolute Gasteiger partial charge is 0.317 e. The third-order valence-electron chi connectivity index (χ3n) is 4.15. The van der Waals surface area contributed by atoms with Crippen LogP contribution in [0.4, 0.5) is 4.79 Å². The van der Waals surface area contributed by atoms with E-state index in [1.54, 1.807) is 36.0 Å². The Morgan fingerprint density at radius 2 is 2.08 bits per heavy atom. The number of nitrogens with one attached hydrogen (secondary N) is 1. The highest BCUT2D eigenvalue weighted by Crippen LogP contribution is 2.26. The summed E-state index contributed by atoms with van der Waals surface area (Å²) in [7, 11) is 3.56. The van der Waals surface area contributed by atoms with Crippen molar-refractivity contribution in [2.75, 3.05) is 27.2 Å². The van der Waals surface area contributed by atoms with Crippen LogP contribution in [0.1, 0.15) is 31.1 Å². The summed E-state index contributed by atoms with van der Waals surface area (Å²) in [4.78, 5) is 28.0. The Bertz CT molecular complexity index is 603. The summed E-state index contributed by atoms with van der Waals surface area (Å²) in [6.07, 6.45) is -0.190. The van der Waals surface area contributed by atoms with Gasteiger partial charge in [-0.3, -0.25) is 4.79 Å². The van der Waals surface area contributed by atoms with Crippen molar-refractivity contribution in [1.29, 1.82) is 0 Å². The maximum absolute atomic E-state index is 12.5. The highest BCUT2D eigenvalue weighted by molar-refractivity contribution is 5.96. The number of fused-ring (bicyclic) bond motifs is 1. The van der Waals surface area contributed by atoms with Gasteiger partial charge in [-0.1, -0.05) is 19.1 Å². The number of urea groups is 1. The molecule has 1 aromatic carbocycles. The summed E-state index contributed by atoms with van der Waals surface area (Å²) in [5, 5.41) is 2.88. The molecule has 2 rings (SSSR count). The average Bonchev–Trinajstić information content (AvgIpc) is 2.52. The SMILES string of the molecule is CC(C)NC(=O)N(C)C[C@@H]1Oc2ccccc2C(=O)N(C)C[C@@H]1C. The zero-order valence-electron chi connectivity index (χ0n) is 15.1. The number of carbonyl (C=O) groups excluding carboxylic acids is 2. The second-order valence-electron chi connectivity index (χ2n) is 6.80. The predicted molar refractivity (Wildman–Crippen MR) is 93.3 cm³/mol. The van der Waals surface area contributed by atoms with E-state index in [0.29, 0.717) is 24.4 Å². The molecule has 0 bridgehead atoms. The van der Waals surface area contributed by atoms with E-state index >= 15 is 0 Å². The Labute approximate surface area is 143 Å². The van der Waals surface area contributed by atoms with Crippen molar-refractivity contribution >= 4 is 11.9 Å². The van der Waals surface area contributed by atoms with Gasteiger partial charge in [-0.25, -0.2) is 4.79 Å². The number of rotatable bonds is 3. The Kier molecular flexibility index (Phi) is 5.70. The number of likely N-dealkylation sites (N-methyl/N-ethyl adjacent to an activating group) is 1. The molecule has 0 fully saturated rings. The van der Waals surface area contributed by atoms with Crippen molar-refractivity contribution in [3.8, 4) is 5.75 Å². The molecule has 6 nitrogen and oxygen atoms in total. The molecule has 0 saturated heterocycles. The van der Waals surface area contributed by atoms with E-state index < -0.39 is 0 Å². The van der Waals surface area contributed by atoms with E-state index in [0.717, 1.165) is 0 Å². The molecule has 1 aliphatic heterocycles. The van der Waals surface area contributed by atoms with Gasteiger partial charge in [0.1, 0.15) is 11.9 Å². The fourth-order valence-corrected chi connectivity index (χ4v) is 2.79. The first-order valence-corrected chi connectivity index (χ1v) is 8.32. The number of ether oxygens (including phenoxy) is 1. The molecule has 0 aromatic heterocycles. The lowest BCUT2D eigenvalue weighted by atomic mass is 10.0. The average molecular weight is 333 g/mol. The highest BCUT2D eigenvalue weighted by Gasteiger charge is 2.30. The van der Waals surface area contributed by atoms with Gasteiger partial charge in [0.05, 0.1) is 12.1 Å². The molecule has 0 spiro atoms. The first-order chi connectivity index (χ1) is 11.3. The minimum Gasteiger partial charge on any atom is -0.487 e. The Hall–Kier alpha value is -2.24. The fraction of sp³-hybridized carbons (Fsp3) is 0.556. The van der Waals surface area contributed by atoms with Crippen LogP contribution in [0.15, 0.2) is 24.3 Å². The predicted octanol–water partition coefficient (Wildman–Crippen LogP) is 2.21. The molecule has 2 atom stereocenters. The topological polar surface area (TPSA) is 61.9 Å². The lowest BCUT2D eigenvalue weighted by Crippen LogP contribution is -2.49. The number of hydrogen-bond acceptors (Lipinski definition) is 3. The summed E-state index contributed by atoms with van der Waals surface area (Å²) in [5.41, 5.74) is 0.561. The van der Waals surface area contributed by atoms with Gasteiger partial charge in [0.25, 0.3) is 5.91 Å². The molecular weight excluding hydrogens is 306 g/mol. The maximum atomic E-state index is 12.5. The van der Waals surface area contributed by atoms with E-state index in [1.807, 2.05) is 32.9 Å². The van der Waals surface area contributed by atoms with E-state index in [1.165, 1.54) is 0 Å². The molecule has 0 aliphatic carbocycles. The number of nitrogens with zero attached hydrogens (tertiary/aromatic N) is 2. The zero-order chi connectivity index (χ0) is 17.9. The molecule has 1 aliphatic rings. The van der Waals surface area contributed by atoms with Gasteiger partial charge >= 0.3 is 6.03 Å². The van der Waals surface area contributed by atoms with Crippen LogP contribution in [0, 0.1) is 5.92 Å². The summed E-state index contributed by atoms with van der Waals surface area (Å²) in [5.74, 6) is 0.631. The molecule has 132 valence electrons. The third-order valence-corrected chi connectivity index (χ3v) is 4.15. The molecule has 0 unspecified atom stereocenters. The van der Waals surface area contributed by atoms with Crippen LogP contribution >= 0.6 is 0 Å². The van der Waals surface area contributed by atoms with Crippen LogP contribution in [0.25, 0.3) is 0 Å². The highest BCUT2D eigenvalue weighted by atomic mass is 16.5. The Balaban J connectivity index is 2.19. The van der Waals surface area contributed by atoms with Crippen LogP contribution in [-0.2, 0) is 0 Å². The van der Waals surface area contributed by atoms with Crippen LogP contribution in [0.5, 0.6) is 5.75 Å². The molecule has 3 amide bonds. The van der Waals surface area contributed by atoms with Crippen molar-refractivity contribution < 1.29 is 14.3 Å². The van der Waals surface area contributed by atoms with Gasteiger partial charge in [-0.2, -0.15) is 0 Å². The number of hydrogen-bond donors (Lipinski definition) is 1. The molecule has 24 heavy (non-hydrogen) atoms. The number of carbonyl (C=O) groups is 2. The van der Waals surface area contributed by atoms with Crippen LogP contribution in [0.2, 0.25) is 0 Å². The lowest BCUT2D eigenvalue weighted by molar-refractivity contribution is 0.0577. The molecule has 1 aromatic rings. The molecule has 1 heterocycles. The second-order valence-corrected chi connectivity index (χ2v) is 6.80. The monoisotopic (exact) mass is 333 g/mol. The number of para-hydroxylation sites is 1. The van der Waals surface area contributed by atoms with Gasteiger partial charge in [0, 0.05) is 32.6 Å². The van der Waals surface area contributed by atoms with E-state index in [4.69, 9.17) is 4.74 Å². The molecule has 1 N–H and O–H groups in total. The van der Waals surface area contributed by atoms with Crippen molar-refractivity contribution in [2.24, 2.45) is 5.92 Å². The quantitative estimate of drug-likeness (QED) is 0.922. The minimum atomic E-state index is -0.190. The van der Waals surface area contributed by atoms with Crippen LogP contribution < -0.4 is 10.1 Å². The molecule has 0 radical (unpaired) electrons. The van der Waals surface area contributed by atoms with Crippen molar-refractivity contribution in [2.45, 2.75) is 32.9 Å². The number of amides is 3. The van der Waals surface area contributed by atoms with Crippen molar-refractivity contribution in [1.82, 2.24) is 15.1 Å². The van der Waals surface area contributed by atoms with E-state index in [2.05, 4.69) is 5.32 Å². The minimum absolute atomic E-state index is 0.0400. The Morgan fingerprint density at radius 3 is 2.75 bits per heavy atom. The van der Waals surface area contributed by atoms with Gasteiger partial charge in [-0.05, 0) is 26.0 Å². The van der Waals surface area contributed by atoms with Crippen molar-refractivity contribution in [3.05, 3.63) is 29.8 Å². The summed E-state index contributed by atoms with van der Waals surface area (Å²) >= 11 is 0. The number of benzene rings is 1. The fourth-order valence-electron chi connectivity index (χ4n) is 2.79. The molecule has 6 heteroatoms. The normalized spacial score (nSPS) is 20.8. The summed E-state index contributed by atoms with van der Waals surface area (Å²) in [6.45, 7) is 6.93. The Morgan fingerprint density at radius 1 is 1.42 bits per heavy atom. The van der Waals surface area contributed by atoms with Gasteiger partial charge in [0.2, 0.25) is 0 Å². The second kappa shape index (κ2) is 7.55. The van der Waals surface area contributed by atoms with Gasteiger partial charge in [-0.15, -0.1) is 0 Å². The van der Waals surface area contributed by atoms with Crippen molar-refractivity contribution in [3.63, 3.8) is 0 Å². The molecule has 0 saturated carbocycles. The zero-order valence-corrected chi connectivity index (χ0v) is 15.1. The summed E-state index contributed by atoms with van der Waals surface area (Å²) in [6, 6.07) is 7.22. The van der Waals surface area contributed by atoms with E-state index in [-0.39, 0.29) is 30.0 Å². The first kappa shape index (κ1) is 18.1. The first-order valence-electron chi connectivity index (χ1n) is 8.32. The van der Waals surface area contributed by atoms with E-state index in [9.17, 15) is 9.59 Å². The lowest BCUT2D eigenvalue weighted by Gasteiger charge is -2.34. The standard InChI is InChI=1S/C18H27N3O3/c1-12(2)19-18(23)21(5)11-16-13(3)10-20(4)17(22)14-8-6-7-9-15(14)24-16/h6-9,12-13,16H,10-11H2,1-5H3,(H,19,23)/t13-,16-/m0/s1. The maximum Gasteiger partial charge on any atom is 0.317 e. The van der Waals surface area contributed by atoms with Crippen LogP contribution in [0.3, 0.4) is 0 Å².